The summed E-state index contributed by atoms with van der Waals surface area (Å²) in [6, 6.07) is 8.92. The summed E-state index contributed by atoms with van der Waals surface area (Å²) in [6.45, 7) is 2.73. The topological polar surface area (TPSA) is 85.3 Å². The Morgan fingerprint density at radius 2 is 1.75 bits per heavy atom. The number of fused-ring (bicyclic) bond motifs is 1. The second-order valence-electron chi connectivity index (χ2n) is 6.48. The van der Waals surface area contributed by atoms with Crippen LogP contribution in [0.15, 0.2) is 47.3 Å². The highest BCUT2D eigenvalue weighted by molar-refractivity contribution is 6.06. The number of hydrogen-bond acceptors (Lipinski definition) is 4. The molecule has 0 fully saturated rings. The number of carbonyl (C=O) groups excluding carboxylic acids is 1. The molecule has 0 radical (unpaired) electrons. The maximum Gasteiger partial charge on any atom is 0.416 e. The van der Waals surface area contributed by atoms with E-state index in [2.05, 4.69) is 0 Å². The van der Waals surface area contributed by atoms with Crippen LogP contribution in [0.5, 0.6) is 0 Å². The number of nitrogens with zero attached hydrogens (tertiary/aromatic N) is 1. The summed E-state index contributed by atoms with van der Waals surface area (Å²) >= 11 is 0. The van der Waals surface area contributed by atoms with E-state index in [1.807, 2.05) is 0 Å². The Labute approximate surface area is 157 Å². The summed E-state index contributed by atoms with van der Waals surface area (Å²) in [7, 11) is 0. The zero-order chi connectivity index (χ0) is 20.8. The summed E-state index contributed by atoms with van der Waals surface area (Å²) in [4.78, 5) is 24.9. The van der Waals surface area contributed by atoms with Crippen LogP contribution in [-0.4, -0.2) is 15.5 Å². The highest BCUT2D eigenvalue weighted by atomic mass is 19.4. The Hall–Kier alpha value is -3.13. The summed E-state index contributed by atoms with van der Waals surface area (Å²) in [5, 5.41) is 9.80. The fourth-order valence-electron chi connectivity index (χ4n) is 3.09. The van der Waals surface area contributed by atoms with E-state index in [1.165, 1.54) is 19.1 Å². The number of hydrogen-bond donors (Lipinski definition) is 2. The van der Waals surface area contributed by atoms with Crippen LogP contribution in [0.3, 0.4) is 0 Å². The van der Waals surface area contributed by atoms with Gasteiger partial charge in [0.2, 0.25) is 0 Å². The molecule has 0 saturated heterocycles. The van der Waals surface area contributed by atoms with Crippen LogP contribution in [0.1, 0.15) is 41.4 Å². The van der Waals surface area contributed by atoms with Gasteiger partial charge in [0.1, 0.15) is 5.56 Å². The van der Waals surface area contributed by atoms with Crippen molar-refractivity contribution in [3.05, 3.63) is 69.5 Å². The minimum absolute atomic E-state index is 0.0629. The largest absolute Gasteiger partial charge is 0.416 e. The lowest BCUT2D eigenvalue weighted by atomic mass is 10.0. The fraction of sp³-hybridized carbons (Fsp3) is 0.200. The van der Waals surface area contributed by atoms with Gasteiger partial charge in [0.15, 0.2) is 5.78 Å². The highest BCUT2D eigenvalue weighted by Crippen LogP contribution is 2.34. The summed E-state index contributed by atoms with van der Waals surface area (Å²) in [6.07, 6.45) is -5.36. The molecule has 5 nitrogen and oxygen atoms in total. The van der Waals surface area contributed by atoms with Crippen LogP contribution in [0.2, 0.25) is 0 Å². The standard InChI is InChI=1S/C20H17F3N2O3/c1-10(26)12-3-6-14(7-4-12)25-16-9-13(20(21,22)23)5-8-15(16)18(24)17(11(2)27)19(25)28/h3-10,26H,24H2,1-2H3/t10-/m1/s1. The number of alkyl halides is 3. The number of anilines is 1. The first-order valence-electron chi connectivity index (χ1n) is 8.37. The van der Waals surface area contributed by atoms with Crippen molar-refractivity contribution in [1.29, 1.82) is 0 Å². The molecule has 0 spiro atoms. The van der Waals surface area contributed by atoms with Crippen LogP contribution in [0.4, 0.5) is 18.9 Å². The number of ketones is 1. The van der Waals surface area contributed by atoms with E-state index in [4.69, 9.17) is 5.73 Å². The molecule has 0 amide bonds. The number of halogens is 3. The van der Waals surface area contributed by atoms with Crippen molar-refractivity contribution in [3.8, 4) is 5.69 Å². The molecule has 0 aliphatic carbocycles. The van der Waals surface area contributed by atoms with Gasteiger partial charge in [0, 0.05) is 11.1 Å². The second-order valence-corrected chi connectivity index (χ2v) is 6.48. The predicted octanol–water partition coefficient (Wildman–Crippen LogP) is 3.85. The molecule has 3 rings (SSSR count). The maximum atomic E-state index is 13.2. The normalized spacial score (nSPS) is 12.9. The van der Waals surface area contributed by atoms with Gasteiger partial charge in [-0.1, -0.05) is 18.2 Å². The fourth-order valence-corrected chi connectivity index (χ4v) is 3.09. The first kappa shape index (κ1) is 19.6. The van der Waals surface area contributed by atoms with Gasteiger partial charge >= 0.3 is 6.18 Å². The smallest absolute Gasteiger partial charge is 0.397 e. The SMILES string of the molecule is CC(=O)c1c(N)c2ccc(C(F)(F)F)cc2n(-c2ccc([C@@H](C)O)cc2)c1=O. The van der Waals surface area contributed by atoms with E-state index in [0.717, 1.165) is 22.8 Å². The molecule has 1 aromatic heterocycles. The van der Waals surface area contributed by atoms with Gasteiger partial charge in [-0.2, -0.15) is 13.2 Å². The summed E-state index contributed by atoms with van der Waals surface area (Å²) < 4.78 is 40.6. The third-order valence-electron chi connectivity index (χ3n) is 4.53. The van der Waals surface area contributed by atoms with Crippen molar-refractivity contribution in [2.75, 3.05) is 5.73 Å². The summed E-state index contributed by atoms with van der Waals surface area (Å²) in [5.74, 6) is -0.585. The average molecular weight is 390 g/mol. The van der Waals surface area contributed by atoms with E-state index in [1.54, 1.807) is 19.1 Å². The number of aliphatic hydroxyl groups is 1. The lowest BCUT2D eigenvalue weighted by Crippen LogP contribution is -2.27. The van der Waals surface area contributed by atoms with Gasteiger partial charge in [-0.05, 0) is 43.7 Å². The molecule has 8 heteroatoms. The highest BCUT2D eigenvalue weighted by Gasteiger charge is 2.31. The van der Waals surface area contributed by atoms with Crippen LogP contribution < -0.4 is 11.3 Å². The second kappa shape index (κ2) is 6.79. The van der Waals surface area contributed by atoms with Gasteiger partial charge in [-0.15, -0.1) is 0 Å². The molecule has 3 aromatic rings. The average Bonchev–Trinajstić information content (AvgIpc) is 2.60. The van der Waals surface area contributed by atoms with E-state index in [9.17, 15) is 27.9 Å². The molecule has 3 N–H and O–H groups in total. The Kier molecular flexibility index (Phi) is 4.76. The van der Waals surface area contributed by atoms with Crippen LogP contribution in [0.25, 0.3) is 16.6 Å². The van der Waals surface area contributed by atoms with Gasteiger partial charge < -0.3 is 10.8 Å². The van der Waals surface area contributed by atoms with Crippen molar-refractivity contribution < 1.29 is 23.1 Å². The third-order valence-corrected chi connectivity index (χ3v) is 4.53. The molecule has 0 aliphatic rings. The molecule has 1 heterocycles. The lowest BCUT2D eigenvalue weighted by Gasteiger charge is -2.17. The van der Waals surface area contributed by atoms with Crippen LogP contribution >= 0.6 is 0 Å². The monoisotopic (exact) mass is 390 g/mol. The first-order valence-corrected chi connectivity index (χ1v) is 8.37. The minimum Gasteiger partial charge on any atom is -0.397 e. The van der Waals surface area contributed by atoms with Crippen molar-refractivity contribution in [1.82, 2.24) is 4.57 Å². The molecule has 0 unspecified atom stereocenters. The minimum atomic E-state index is -4.61. The van der Waals surface area contributed by atoms with Crippen molar-refractivity contribution >= 4 is 22.4 Å². The number of rotatable bonds is 3. The first-order chi connectivity index (χ1) is 13.0. The number of benzene rings is 2. The zero-order valence-corrected chi connectivity index (χ0v) is 15.0. The molecule has 28 heavy (non-hydrogen) atoms. The lowest BCUT2D eigenvalue weighted by molar-refractivity contribution is -0.137. The number of pyridine rings is 1. The number of aliphatic hydroxyl groups excluding tert-OH is 1. The molecule has 0 bridgehead atoms. The number of aromatic nitrogens is 1. The molecule has 1 atom stereocenters. The third kappa shape index (κ3) is 3.27. The van der Waals surface area contributed by atoms with Crippen molar-refractivity contribution in [3.63, 3.8) is 0 Å². The van der Waals surface area contributed by atoms with Crippen molar-refractivity contribution in [2.24, 2.45) is 0 Å². The molecule has 146 valence electrons. The number of nitrogens with two attached hydrogens (primary N) is 1. The number of nitrogen functional groups attached to an aromatic ring is 1. The Balaban J connectivity index is 2.44. The van der Waals surface area contributed by atoms with Gasteiger partial charge in [-0.3, -0.25) is 14.2 Å². The zero-order valence-electron chi connectivity index (χ0n) is 15.0. The van der Waals surface area contributed by atoms with Gasteiger partial charge in [0.25, 0.3) is 5.56 Å². The molecule has 0 saturated carbocycles. The van der Waals surface area contributed by atoms with Gasteiger partial charge in [0.05, 0.1) is 22.9 Å². The summed E-state index contributed by atoms with van der Waals surface area (Å²) in [5.41, 5.74) is 4.51. The Bertz CT molecular complexity index is 1130. The molecule has 2 aromatic carbocycles. The van der Waals surface area contributed by atoms with E-state index < -0.39 is 29.2 Å². The van der Waals surface area contributed by atoms with E-state index in [0.29, 0.717) is 5.56 Å². The molecule has 0 aliphatic heterocycles. The van der Waals surface area contributed by atoms with E-state index in [-0.39, 0.29) is 27.8 Å². The Morgan fingerprint density at radius 1 is 1.14 bits per heavy atom. The maximum absolute atomic E-state index is 13.2. The predicted molar refractivity (Wildman–Crippen MR) is 99.6 cm³/mol. The van der Waals surface area contributed by atoms with E-state index >= 15 is 0 Å². The molecular weight excluding hydrogens is 373 g/mol. The molecular formula is C20H17F3N2O3. The van der Waals surface area contributed by atoms with Crippen LogP contribution in [0, 0.1) is 0 Å². The number of Topliss-reactive ketones (excluding diaryl/α,β-unsaturated/α-hetero) is 1. The van der Waals surface area contributed by atoms with Crippen molar-refractivity contribution in [2.45, 2.75) is 26.1 Å². The van der Waals surface area contributed by atoms with Gasteiger partial charge in [-0.25, -0.2) is 0 Å². The number of carbonyl (C=O) groups is 1. The Morgan fingerprint density at radius 3 is 2.25 bits per heavy atom. The van der Waals surface area contributed by atoms with Crippen LogP contribution in [-0.2, 0) is 6.18 Å². The quantitative estimate of drug-likeness (QED) is 0.666.